The van der Waals surface area contributed by atoms with E-state index in [2.05, 4.69) is 5.32 Å². The highest BCUT2D eigenvalue weighted by molar-refractivity contribution is 6.10. The Kier molecular flexibility index (Phi) is 3.75. The van der Waals surface area contributed by atoms with Gasteiger partial charge in [0.1, 0.15) is 5.82 Å². The van der Waals surface area contributed by atoms with Crippen LogP contribution >= 0.6 is 0 Å². The monoisotopic (exact) mass is 297 g/mol. The van der Waals surface area contributed by atoms with Crippen LogP contribution in [0.1, 0.15) is 27.9 Å². The minimum atomic E-state index is -0.440. The molecule has 1 amide bonds. The van der Waals surface area contributed by atoms with Crippen molar-refractivity contribution < 1.29 is 14.0 Å². The number of hydrogen-bond acceptors (Lipinski definition) is 2. The van der Waals surface area contributed by atoms with Crippen LogP contribution in [0.5, 0.6) is 0 Å². The van der Waals surface area contributed by atoms with Crippen LogP contribution < -0.4 is 5.32 Å². The first-order valence-electron chi connectivity index (χ1n) is 7.22. The third-order valence-electron chi connectivity index (χ3n) is 4.01. The molecule has 112 valence electrons. The lowest BCUT2D eigenvalue weighted by Gasteiger charge is -2.12. The standard InChI is InChI=1S/C18H16FNO2/c1-11-3-2-4-15-17(11)16(21)10-13(18(22)20-15)9-12-5-7-14(19)8-6-12/h2-8,13H,9-10H2,1H3,(H,20,22)/t13-/m1/s1. The summed E-state index contributed by atoms with van der Waals surface area (Å²) < 4.78 is 13.0. The van der Waals surface area contributed by atoms with Gasteiger partial charge in [0.2, 0.25) is 5.91 Å². The number of rotatable bonds is 2. The molecule has 1 aliphatic rings. The minimum Gasteiger partial charge on any atom is -0.325 e. The van der Waals surface area contributed by atoms with Gasteiger partial charge in [-0.1, -0.05) is 24.3 Å². The summed E-state index contributed by atoms with van der Waals surface area (Å²) in [7, 11) is 0. The van der Waals surface area contributed by atoms with E-state index in [0.29, 0.717) is 17.7 Å². The van der Waals surface area contributed by atoms with Gasteiger partial charge in [-0.2, -0.15) is 0 Å². The molecule has 3 rings (SSSR count). The van der Waals surface area contributed by atoms with E-state index in [0.717, 1.165) is 11.1 Å². The summed E-state index contributed by atoms with van der Waals surface area (Å²) in [6, 6.07) is 11.5. The average Bonchev–Trinajstić information content (AvgIpc) is 2.59. The van der Waals surface area contributed by atoms with Gasteiger partial charge in [0, 0.05) is 17.9 Å². The molecule has 0 radical (unpaired) electrons. The zero-order chi connectivity index (χ0) is 15.7. The van der Waals surface area contributed by atoms with Gasteiger partial charge in [-0.25, -0.2) is 4.39 Å². The molecule has 22 heavy (non-hydrogen) atoms. The van der Waals surface area contributed by atoms with Crippen molar-refractivity contribution in [2.75, 3.05) is 5.32 Å². The number of amides is 1. The molecular formula is C18H16FNO2. The van der Waals surface area contributed by atoms with Crippen molar-refractivity contribution in [3.63, 3.8) is 0 Å². The molecule has 0 bridgehead atoms. The first kappa shape index (κ1) is 14.4. The van der Waals surface area contributed by atoms with Crippen molar-refractivity contribution in [2.24, 2.45) is 5.92 Å². The van der Waals surface area contributed by atoms with Crippen LogP contribution in [0.25, 0.3) is 0 Å². The van der Waals surface area contributed by atoms with Gasteiger partial charge in [-0.3, -0.25) is 9.59 Å². The van der Waals surface area contributed by atoms with Gasteiger partial charge in [0.25, 0.3) is 0 Å². The van der Waals surface area contributed by atoms with E-state index >= 15 is 0 Å². The largest absolute Gasteiger partial charge is 0.325 e. The Balaban J connectivity index is 1.87. The fourth-order valence-corrected chi connectivity index (χ4v) is 2.87. The van der Waals surface area contributed by atoms with E-state index in [4.69, 9.17) is 0 Å². The lowest BCUT2D eigenvalue weighted by atomic mass is 9.92. The molecule has 0 saturated carbocycles. The van der Waals surface area contributed by atoms with Crippen molar-refractivity contribution in [1.29, 1.82) is 0 Å². The summed E-state index contributed by atoms with van der Waals surface area (Å²) in [5.41, 5.74) is 2.89. The highest BCUT2D eigenvalue weighted by Gasteiger charge is 2.29. The molecule has 4 heteroatoms. The maximum absolute atomic E-state index is 13.0. The quantitative estimate of drug-likeness (QED) is 0.922. The second kappa shape index (κ2) is 5.72. The van der Waals surface area contributed by atoms with Crippen LogP contribution in [-0.2, 0) is 11.2 Å². The number of benzene rings is 2. The first-order valence-corrected chi connectivity index (χ1v) is 7.22. The van der Waals surface area contributed by atoms with Crippen LogP contribution in [0.3, 0.4) is 0 Å². The Bertz CT molecular complexity index is 737. The number of aryl methyl sites for hydroxylation is 1. The second-order valence-corrected chi connectivity index (χ2v) is 5.64. The van der Waals surface area contributed by atoms with Crippen molar-refractivity contribution in [1.82, 2.24) is 0 Å². The molecule has 0 aromatic heterocycles. The van der Waals surface area contributed by atoms with Gasteiger partial charge in [-0.05, 0) is 42.7 Å². The summed E-state index contributed by atoms with van der Waals surface area (Å²) in [5, 5.41) is 2.84. The molecule has 0 saturated heterocycles. The highest BCUT2D eigenvalue weighted by Crippen LogP contribution is 2.28. The maximum Gasteiger partial charge on any atom is 0.228 e. The number of Topliss-reactive ketones (excluding diaryl/α,β-unsaturated/α-hetero) is 1. The third kappa shape index (κ3) is 2.77. The Morgan fingerprint density at radius 2 is 1.86 bits per heavy atom. The lowest BCUT2D eigenvalue weighted by Crippen LogP contribution is -2.24. The van der Waals surface area contributed by atoms with Crippen molar-refractivity contribution in [2.45, 2.75) is 19.8 Å². The van der Waals surface area contributed by atoms with E-state index in [-0.39, 0.29) is 23.9 Å². The maximum atomic E-state index is 13.0. The fourth-order valence-electron chi connectivity index (χ4n) is 2.87. The first-order chi connectivity index (χ1) is 10.5. The van der Waals surface area contributed by atoms with Crippen LogP contribution in [-0.4, -0.2) is 11.7 Å². The van der Waals surface area contributed by atoms with Crippen LogP contribution in [0.15, 0.2) is 42.5 Å². The smallest absolute Gasteiger partial charge is 0.228 e. The number of hydrogen-bond donors (Lipinski definition) is 1. The summed E-state index contributed by atoms with van der Waals surface area (Å²) >= 11 is 0. The van der Waals surface area contributed by atoms with Gasteiger partial charge in [-0.15, -0.1) is 0 Å². The van der Waals surface area contributed by atoms with E-state index in [1.165, 1.54) is 12.1 Å². The Morgan fingerprint density at radius 3 is 2.59 bits per heavy atom. The molecule has 1 aliphatic heterocycles. The SMILES string of the molecule is Cc1cccc2c1C(=O)C[C@@H](Cc1ccc(F)cc1)C(=O)N2. The number of nitrogens with one attached hydrogen (secondary N) is 1. The number of halogens is 1. The topological polar surface area (TPSA) is 46.2 Å². The molecule has 3 nitrogen and oxygen atoms in total. The Morgan fingerprint density at radius 1 is 1.14 bits per heavy atom. The number of ketones is 1. The number of carbonyl (C=O) groups is 2. The van der Waals surface area contributed by atoms with E-state index in [9.17, 15) is 14.0 Å². The minimum absolute atomic E-state index is 0.0291. The van der Waals surface area contributed by atoms with Gasteiger partial charge in [0.05, 0.1) is 5.69 Å². The summed E-state index contributed by atoms with van der Waals surface area (Å²) in [4.78, 5) is 24.8. The fraction of sp³-hybridized carbons (Fsp3) is 0.222. The molecule has 0 spiro atoms. The van der Waals surface area contributed by atoms with Gasteiger partial charge in [0.15, 0.2) is 5.78 Å². The molecule has 1 N–H and O–H groups in total. The summed E-state index contributed by atoms with van der Waals surface area (Å²) in [6.07, 6.45) is 0.589. The van der Waals surface area contributed by atoms with E-state index in [1.807, 2.05) is 19.1 Å². The molecule has 0 unspecified atom stereocenters. The van der Waals surface area contributed by atoms with E-state index in [1.54, 1.807) is 18.2 Å². The van der Waals surface area contributed by atoms with E-state index < -0.39 is 5.92 Å². The van der Waals surface area contributed by atoms with Crippen LogP contribution in [0.2, 0.25) is 0 Å². The van der Waals surface area contributed by atoms with Crippen molar-refractivity contribution in [3.8, 4) is 0 Å². The molecular weight excluding hydrogens is 281 g/mol. The van der Waals surface area contributed by atoms with Gasteiger partial charge < -0.3 is 5.32 Å². The zero-order valence-corrected chi connectivity index (χ0v) is 12.2. The molecule has 1 atom stereocenters. The van der Waals surface area contributed by atoms with Crippen LogP contribution in [0.4, 0.5) is 10.1 Å². The molecule has 0 fully saturated rings. The number of fused-ring (bicyclic) bond motifs is 1. The second-order valence-electron chi connectivity index (χ2n) is 5.64. The van der Waals surface area contributed by atoms with Gasteiger partial charge >= 0.3 is 0 Å². The normalized spacial score (nSPS) is 17.6. The molecule has 0 aliphatic carbocycles. The molecule has 1 heterocycles. The lowest BCUT2D eigenvalue weighted by molar-refractivity contribution is -0.119. The summed E-state index contributed by atoms with van der Waals surface area (Å²) in [6.45, 7) is 1.86. The average molecular weight is 297 g/mol. The van der Waals surface area contributed by atoms with Crippen LogP contribution in [0, 0.1) is 18.7 Å². The predicted octanol–water partition coefficient (Wildman–Crippen LogP) is 3.52. The predicted molar refractivity (Wildman–Crippen MR) is 82.4 cm³/mol. The zero-order valence-electron chi connectivity index (χ0n) is 12.2. The number of anilines is 1. The number of carbonyl (C=O) groups excluding carboxylic acids is 2. The highest BCUT2D eigenvalue weighted by atomic mass is 19.1. The third-order valence-corrected chi connectivity index (χ3v) is 4.01. The Labute approximate surface area is 128 Å². The summed E-state index contributed by atoms with van der Waals surface area (Å²) in [5.74, 6) is -0.946. The van der Waals surface area contributed by atoms with Crippen molar-refractivity contribution >= 4 is 17.4 Å². The molecule has 2 aromatic carbocycles. The van der Waals surface area contributed by atoms with Crippen molar-refractivity contribution in [3.05, 3.63) is 65.0 Å². The molecule has 2 aromatic rings. The Hall–Kier alpha value is -2.49.